The van der Waals surface area contributed by atoms with Crippen molar-refractivity contribution in [3.63, 3.8) is 0 Å². The van der Waals surface area contributed by atoms with Crippen molar-refractivity contribution in [3.8, 4) is 11.8 Å². The molecule has 0 unspecified atom stereocenters. The summed E-state index contributed by atoms with van der Waals surface area (Å²) in [6.45, 7) is 5.46. The second-order valence-corrected chi connectivity index (χ2v) is 1.86. The lowest BCUT2D eigenvalue weighted by atomic mass is 10.3. The Morgan fingerprint density at radius 3 is 2.90 bits per heavy atom. The highest BCUT2D eigenvalue weighted by Crippen LogP contribution is 1.87. The Kier molecular flexibility index (Phi) is 5.51. The van der Waals surface area contributed by atoms with Gasteiger partial charge in [0.1, 0.15) is 0 Å². The van der Waals surface area contributed by atoms with Crippen molar-refractivity contribution in [3.05, 3.63) is 24.3 Å². The van der Waals surface area contributed by atoms with Crippen LogP contribution in [0, 0.1) is 11.8 Å². The van der Waals surface area contributed by atoms with E-state index in [0.29, 0.717) is 6.42 Å². The molecule has 0 rings (SSSR count). The quantitative estimate of drug-likeness (QED) is 0.450. The molecule has 0 bridgehead atoms. The van der Waals surface area contributed by atoms with Crippen molar-refractivity contribution in [2.24, 2.45) is 0 Å². The zero-order valence-corrected chi connectivity index (χ0v) is 6.22. The minimum atomic E-state index is 0.0641. The molecule has 0 aromatic carbocycles. The summed E-state index contributed by atoms with van der Waals surface area (Å²) in [5, 5.41) is 8.43. The van der Waals surface area contributed by atoms with Gasteiger partial charge in [-0.05, 0) is 18.6 Å². The van der Waals surface area contributed by atoms with Crippen molar-refractivity contribution in [1.82, 2.24) is 0 Å². The van der Waals surface area contributed by atoms with Gasteiger partial charge in [0, 0.05) is 6.42 Å². The first kappa shape index (κ1) is 9.00. The summed E-state index contributed by atoms with van der Waals surface area (Å²) in [6, 6.07) is 0. The predicted molar refractivity (Wildman–Crippen MR) is 43.4 cm³/mol. The molecule has 0 aliphatic heterocycles. The summed E-state index contributed by atoms with van der Waals surface area (Å²) >= 11 is 0. The molecular formula is C9H12O. The van der Waals surface area contributed by atoms with E-state index in [1.54, 1.807) is 12.2 Å². The van der Waals surface area contributed by atoms with E-state index in [9.17, 15) is 0 Å². The summed E-state index contributed by atoms with van der Waals surface area (Å²) in [4.78, 5) is 0. The van der Waals surface area contributed by atoms with Crippen LogP contribution < -0.4 is 0 Å². The van der Waals surface area contributed by atoms with Gasteiger partial charge in [-0.1, -0.05) is 17.9 Å². The highest BCUT2D eigenvalue weighted by atomic mass is 16.2. The first-order valence-electron chi connectivity index (χ1n) is 3.18. The summed E-state index contributed by atoms with van der Waals surface area (Å²) in [5.41, 5.74) is 0.907. The zero-order chi connectivity index (χ0) is 7.82. The van der Waals surface area contributed by atoms with E-state index in [1.807, 2.05) is 6.92 Å². The van der Waals surface area contributed by atoms with Crippen molar-refractivity contribution in [1.29, 1.82) is 0 Å². The van der Waals surface area contributed by atoms with Gasteiger partial charge in [-0.2, -0.15) is 0 Å². The highest BCUT2D eigenvalue weighted by Gasteiger charge is 1.76. The lowest BCUT2D eigenvalue weighted by molar-refractivity contribution is 0.342. The molecule has 1 heteroatoms. The van der Waals surface area contributed by atoms with Crippen molar-refractivity contribution in [2.45, 2.75) is 13.3 Å². The van der Waals surface area contributed by atoms with E-state index in [4.69, 9.17) is 5.11 Å². The third-order valence-corrected chi connectivity index (χ3v) is 0.929. The Morgan fingerprint density at radius 1 is 1.70 bits per heavy atom. The largest absolute Gasteiger partial charge is 0.392 e. The molecule has 0 aliphatic carbocycles. The van der Waals surface area contributed by atoms with Crippen LogP contribution in [-0.4, -0.2) is 11.7 Å². The van der Waals surface area contributed by atoms with Crippen molar-refractivity contribution >= 4 is 0 Å². The predicted octanol–water partition coefficient (Wildman–Crippen LogP) is 1.50. The van der Waals surface area contributed by atoms with Crippen LogP contribution in [-0.2, 0) is 0 Å². The number of aliphatic hydroxyl groups is 1. The fourth-order valence-electron chi connectivity index (χ4n) is 0.451. The van der Waals surface area contributed by atoms with Gasteiger partial charge in [-0.25, -0.2) is 0 Å². The van der Waals surface area contributed by atoms with Gasteiger partial charge in [-0.3, -0.25) is 0 Å². The van der Waals surface area contributed by atoms with Crippen LogP contribution in [0.3, 0.4) is 0 Å². The molecule has 0 atom stereocenters. The molecule has 0 radical (unpaired) electrons. The summed E-state index contributed by atoms with van der Waals surface area (Å²) in [7, 11) is 0. The SMILES string of the molecule is C=CCC#C/C(C)=C\CO. The molecule has 54 valence electrons. The van der Waals surface area contributed by atoms with Crippen molar-refractivity contribution in [2.75, 3.05) is 6.61 Å². The zero-order valence-electron chi connectivity index (χ0n) is 6.22. The van der Waals surface area contributed by atoms with E-state index >= 15 is 0 Å². The first-order chi connectivity index (χ1) is 4.81. The van der Waals surface area contributed by atoms with E-state index < -0.39 is 0 Å². The molecule has 0 saturated heterocycles. The second kappa shape index (κ2) is 6.12. The smallest absolute Gasteiger partial charge is 0.0624 e. The average Bonchev–Trinajstić information content (AvgIpc) is 1.89. The van der Waals surface area contributed by atoms with Crippen LogP contribution in [0.2, 0.25) is 0 Å². The summed E-state index contributed by atoms with van der Waals surface area (Å²) in [6.07, 6.45) is 4.13. The standard InChI is InChI=1S/C9H12O/c1-3-4-5-6-9(2)7-8-10/h3,7,10H,1,4,8H2,2H3/b9-7-. The Hall–Kier alpha value is -1.00. The van der Waals surface area contributed by atoms with Gasteiger partial charge in [-0.15, -0.1) is 6.58 Å². The third kappa shape index (κ3) is 5.14. The number of hydrogen-bond donors (Lipinski definition) is 1. The second-order valence-electron chi connectivity index (χ2n) is 1.86. The monoisotopic (exact) mass is 136 g/mol. The van der Waals surface area contributed by atoms with Crippen LogP contribution in [0.15, 0.2) is 24.3 Å². The van der Waals surface area contributed by atoms with E-state index in [0.717, 1.165) is 5.57 Å². The first-order valence-corrected chi connectivity index (χ1v) is 3.18. The highest BCUT2D eigenvalue weighted by molar-refractivity contribution is 5.26. The molecule has 0 aromatic rings. The normalized spacial score (nSPS) is 10.0. The minimum Gasteiger partial charge on any atom is -0.392 e. The Balaban J connectivity index is 3.78. The molecule has 0 aliphatic rings. The summed E-state index contributed by atoms with van der Waals surface area (Å²) < 4.78 is 0. The van der Waals surface area contributed by atoms with Crippen molar-refractivity contribution < 1.29 is 5.11 Å². The van der Waals surface area contributed by atoms with Crippen LogP contribution >= 0.6 is 0 Å². The average molecular weight is 136 g/mol. The fourth-order valence-corrected chi connectivity index (χ4v) is 0.451. The van der Waals surface area contributed by atoms with Crippen LogP contribution in [0.25, 0.3) is 0 Å². The molecule has 0 spiro atoms. The van der Waals surface area contributed by atoms with Gasteiger partial charge in [0.2, 0.25) is 0 Å². The molecule has 1 nitrogen and oxygen atoms in total. The Bertz CT molecular complexity index is 179. The molecule has 0 amide bonds. The van der Waals surface area contributed by atoms with Gasteiger partial charge in [0.15, 0.2) is 0 Å². The molecule has 0 fully saturated rings. The van der Waals surface area contributed by atoms with Crippen LogP contribution in [0.5, 0.6) is 0 Å². The van der Waals surface area contributed by atoms with Gasteiger partial charge in [0.05, 0.1) is 6.61 Å². The summed E-state index contributed by atoms with van der Waals surface area (Å²) in [5.74, 6) is 5.74. The van der Waals surface area contributed by atoms with E-state index in [-0.39, 0.29) is 6.61 Å². The maximum Gasteiger partial charge on any atom is 0.0624 e. The molecule has 1 N–H and O–H groups in total. The Morgan fingerprint density at radius 2 is 2.40 bits per heavy atom. The third-order valence-electron chi connectivity index (χ3n) is 0.929. The van der Waals surface area contributed by atoms with Crippen LogP contribution in [0.4, 0.5) is 0 Å². The van der Waals surface area contributed by atoms with E-state index in [2.05, 4.69) is 18.4 Å². The molecule has 0 saturated carbocycles. The molecular weight excluding hydrogens is 124 g/mol. The number of allylic oxidation sites excluding steroid dienone is 2. The number of rotatable bonds is 2. The molecule has 10 heavy (non-hydrogen) atoms. The van der Waals surface area contributed by atoms with Gasteiger partial charge >= 0.3 is 0 Å². The molecule has 0 heterocycles. The van der Waals surface area contributed by atoms with Crippen LogP contribution in [0.1, 0.15) is 13.3 Å². The fraction of sp³-hybridized carbons (Fsp3) is 0.333. The maximum atomic E-state index is 8.43. The minimum absolute atomic E-state index is 0.0641. The van der Waals surface area contributed by atoms with Gasteiger partial charge in [0.25, 0.3) is 0 Å². The number of aliphatic hydroxyl groups excluding tert-OH is 1. The van der Waals surface area contributed by atoms with E-state index in [1.165, 1.54) is 0 Å². The van der Waals surface area contributed by atoms with Gasteiger partial charge < -0.3 is 5.11 Å². The lowest BCUT2D eigenvalue weighted by Crippen LogP contribution is -1.75. The lowest BCUT2D eigenvalue weighted by Gasteiger charge is -1.82. The number of hydrogen-bond acceptors (Lipinski definition) is 1. The topological polar surface area (TPSA) is 20.2 Å². The maximum absolute atomic E-state index is 8.43. The molecule has 0 aromatic heterocycles. The Labute approximate surface area is 62.1 Å².